The van der Waals surface area contributed by atoms with Crippen LogP contribution < -0.4 is 20.1 Å². The maximum atomic E-state index is 12.9. The van der Waals surface area contributed by atoms with Gasteiger partial charge in [-0.1, -0.05) is 12.1 Å². The van der Waals surface area contributed by atoms with Crippen LogP contribution in [0, 0.1) is 0 Å². The van der Waals surface area contributed by atoms with E-state index in [-0.39, 0.29) is 11.8 Å². The normalized spacial score (nSPS) is 13.0. The van der Waals surface area contributed by atoms with Crippen LogP contribution in [-0.4, -0.2) is 55.6 Å². The fourth-order valence-electron chi connectivity index (χ4n) is 4.04. The zero-order chi connectivity index (χ0) is 23.9. The largest absolute Gasteiger partial charge is 0.493 e. The molecule has 0 atom stereocenters. The minimum atomic E-state index is -0.290. The number of fused-ring (bicyclic) bond motifs is 1. The maximum Gasteiger partial charge on any atom is 0.255 e. The molecule has 0 spiro atoms. The first kappa shape index (κ1) is 23.3. The van der Waals surface area contributed by atoms with Crippen molar-refractivity contribution >= 4 is 17.5 Å². The van der Waals surface area contributed by atoms with Crippen molar-refractivity contribution in [2.45, 2.75) is 13.0 Å². The molecule has 0 bridgehead atoms. The number of carbonyl (C=O) groups is 2. The van der Waals surface area contributed by atoms with Gasteiger partial charge >= 0.3 is 0 Å². The van der Waals surface area contributed by atoms with Crippen LogP contribution >= 0.6 is 0 Å². The number of hydrogen-bond donors (Lipinski definition) is 2. The van der Waals surface area contributed by atoms with E-state index in [1.807, 2.05) is 12.1 Å². The van der Waals surface area contributed by atoms with Gasteiger partial charge in [0.1, 0.15) is 0 Å². The van der Waals surface area contributed by atoms with E-state index in [4.69, 9.17) is 9.47 Å². The Hall–Kier alpha value is -3.91. The summed E-state index contributed by atoms with van der Waals surface area (Å²) in [6, 6.07) is 14.3. The van der Waals surface area contributed by atoms with Crippen molar-refractivity contribution < 1.29 is 19.1 Å². The zero-order valence-corrected chi connectivity index (χ0v) is 19.3. The molecule has 0 saturated carbocycles. The Kier molecular flexibility index (Phi) is 7.39. The molecule has 8 nitrogen and oxygen atoms in total. The lowest BCUT2D eigenvalue weighted by molar-refractivity contribution is 0.0948. The molecule has 8 heteroatoms. The summed E-state index contributed by atoms with van der Waals surface area (Å²) >= 11 is 0. The molecule has 3 aromatic rings. The quantitative estimate of drug-likeness (QED) is 0.537. The highest BCUT2D eigenvalue weighted by Crippen LogP contribution is 2.33. The number of hydrogen-bond acceptors (Lipinski definition) is 6. The van der Waals surface area contributed by atoms with Crippen LogP contribution in [0.4, 0.5) is 5.69 Å². The van der Waals surface area contributed by atoms with Crippen molar-refractivity contribution in [2.75, 3.05) is 39.2 Å². The number of aromatic nitrogens is 1. The smallest absolute Gasteiger partial charge is 0.255 e. The predicted octanol–water partition coefficient (Wildman–Crippen LogP) is 3.14. The summed E-state index contributed by atoms with van der Waals surface area (Å²) in [5, 5.41) is 5.80. The number of rotatable bonds is 8. The second-order valence-corrected chi connectivity index (χ2v) is 7.99. The van der Waals surface area contributed by atoms with E-state index in [1.165, 1.54) is 11.1 Å². The summed E-state index contributed by atoms with van der Waals surface area (Å²) in [4.78, 5) is 31.6. The summed E-state index contributed by atoms with van der Waals surface area (Å²) in [6.45, 7) is 2.89. The SMILES string of the molecule is COc1cc2c(cc1OC)CN(CCNC(=O)c1ccccc1NC(=O)c1ccncc1)CC2. The van der Waals surface area contributed by atoms with Gasteiger partial charge in [0.2, 0.25) is 0 Å². The van der Waals surface area contributed by atoms with Crippen molar-refractivity contribution in [1.82, 2.24) is 15.2 Å². The average Bonchev–Trinajstić information content (AvgIpc) is 2.88. The fraction of sp³-hybridized carbons (Fsp3) is 0.269. The van der Waals surface area contributed by atoms with Crippen molar-refractivity contribution in [3.8, 4) is 11.5 Å². The third kappa shape index (κ3) is 5.35. The number of nitrogens with zero attached hydrogens (tertiary/aromatic N) is 2. The van der Waals surface area contributed by atoms with Gasteiger partial charge in [-0.15, -0.1) is 0 Å². The Morgan fingerprint density at radius 1 is 0.971 bits per heavy atom. The average molecular weight is 461 g/mol. The number of benzene rings is 2. The molecule has 0 radical (unpaired) electrons. The third-order valence-corrected chi connectivity index (χ3v) is 5.87. The number of methoxy groups -OCH3 is 2. The van der Waals surface area contributed by atoms with E-state index < -0.39 is 0 Å². The van der Waals surface area contributed by atoms with Gasteiger partial charge in [-0.3, -0.25) is 19.5 Å². The van der Waals surface area contributed by atoms with Crippen molar-refractivity contribution in [2.24, 2.45) is 0 Å². The van der Waals surface area contributed by atoms with E-state index in [0.29, 0.717) is 29.9 Å². The minimum Gasteiger partial charge on any atom is -0.493 e. The topological polar surface area (TPSA) is 92.8 Å². The Morgan fingerprint density at radius 3 is 2.41 bits per heavy atom. The highest BCUT2D eigenvalue weighted by atomic mass is 16.5. The van der Waals surface area contributed by atoms with Crippen LogP contribution in [-0.2, 0) is 13.0 Å². The van der Waals surface area contributed by atoms with E-state index in [0.717, 1.165) is 31.0 Å². The number of anilines is 1. The van der Waals surface area contributed by atoms with Gasteiger partial charge in [0.05, 0.1) is 25.5 Å². The van der Waals surface area contributed by atoms with Crippen LogP contribution in [0.5, 0.6) is 11.5 Å². The summed E-state index contributed by atoms with van der Waals surface area (Å²) in [7, 11) is 3.28. The molecular weight excluding hydrogens is 432 g/mol. The molecule has 34 heavy (non-hydrogen) atoms. The molecule has 1 aromatic heterocycles. The fourth-order valence-corrected chi connectivity index (χ4v) is 4.04. The molecule has 0 aliphatic carbocycles. The number of para-hydroxylation sites is 1. The van der Waals surface area contributed by atoms with Gasteiger partial charge in [0.15, 0.2) is 11.5 Å². The van der Waals surface area contributed by atoms with Gasteiger partial charge < -0.3 is 20.1 Å². The summed E-state index contributed by atoms with van der Waals surface area (Å²) in [6.07, 6.45) is 4.02. The number of pyridine rings is 1. The molecular formula is C26H28N4O4. The molecule has 2 aromatic carbocycles. The van der Waals surface area contributed by atoms with Gasteiger partial charge in [0, 0.05) is 44.1 Å². The van der Waals surface area contributed by atoms with E-state index in [1.54, 1.807) is 63.0 Å². The minimum absolute atomic E-state index is 0.227. The Morgan fingerprint density at radius 2 is 1.68 bits per heavy atom. The van der Waals surface area contributed by atoms with E-state index >= 15 is 0 Å². The third-order valence-electron chi connectivity index (χ3n) is 5.87. The van der Waals surface area contributed by atoms with Crippen molar-refractivity contribution in [1.29, 1.82) is 0 Å². The second-order valence-electron chi connectivity index (χ2n) is 7.99. The second kappa shape index (κ2) is 10.8. The highest BCUT2D eigenvalue weighted by Gasteiger charge is 2.20. The first-order chi connectivity index (χ1) is 16.6. The van der Waals surface area contributed by atoms with Crippen LogP contribution in [0.15, 0.2) is 60.9 Å². The van der Waals surface area contributed by atoms with Gasteiger partial charge in [-0.05, 0) is 53.9 Å². The first-order valence-electron chi connectivity index (χ1n) is 11.1. The Labute approximate surface area is 198 Å². The van der Waals surface area contributed by atoms with Crippen LogP contribution in [0.1, 0.15) is 31.8 Å². The number of carbonyl (C=O) groups excluding carboxylic acids is 2. The molecule has 1 aliphatic heterocycles. The van der Waals surface area contributed by atoms with Gasteiger partial charge in [0.25, 0.3) is 11.8 Å². The Bertz CT molecular complexity index is 1170. The number of ether oxygens (including phenoxy) is 2. The summed E-state index contributed by atoms with van der Waals surface area (Å²) in [5.41, 5.74) is 3.83. The molecule has 0 unspecified atom stereocenters. The van der Waals surface area contributed by atoms with E-state index in [9.17, 15) is 9.59 Å². The maximum absolute atomic E-state index is 12.9. The molecule has 1 aliphatic rings. The lowest BCUT2D eigenvalue weighted by Gasteiger charge is -2.29. The Balaban J connectivity index is 1.34. The van der Waals surface area contributed by atoms with Crippen LogP contribution in [0.2, 0.25) is 0 Å². The molecule has 4 rings (SSSR count). The summed E-state index contributed by atoms with van der Waals surface area (Å²) < 4.78 is 10.8. The van der Waals surface area contributed by atoms with Crippen LogP contribution in [0.3, 0.4) is 0 Å². The number of amides is 2. The van der Waals surface area contributed by atoms with Gasteiger partial charge in [-0.2, -0.15) is 0 Å². The first-order valence-corrected chi connectivity index (χ1v) is 11.1. The predicted molar refractivity (Wildman–Crippen MR) is 129 cm³/mol. The lowest BCUT2D eigenvalue weighted by Crippen LogP contribution is -2.38. The van der Waals surface area contributed by atoms with Gasteiger partial charge in [-0.25, -0.2) is 0 Å². The molecule has 2 N–H and O–H groups in total. The number of nitrogens with one attached hydrogen (secondary N) is 2. The standard InChI is InChI=1S/C26H28N4O4/c1-33-23-15-19-9-13-30(17-20(19)16-24(23)34-2)14-12-28-26(32)21-5-3-4-6-22(21)29-25(31)18-7-10-27-11-8-18/h3-8,10-11,15-16H,9,12-14,17H2,1-2H3,(H,28,32)(H,29,31). The van der Waals surface area contributed by atoms with Crippen molar-refractivity contribution in [3.63, 3.8) is 0 Å². The van der Waals surface area contributed by atoms with Crippen LogP contribution in [0.25, 0.3) is 0 Å². The molecule has 2 amide bonds. The lowest BCUT2D eigenvalue weighted by atomic mass is 9.99. The van der Waals surface area contributed by atoms with E-state index in [2.05, 4.69) is 20.5 Å². The monoisotopic (exact) mass is 460 g/mol. The highest BCUT2D eigenvalue weighted by molar-refractivity contribution is 6.08. The molecule has 0 fully saturated rings. The van der Waals surface area contributed by atoms with Crippen molar-refractivity contribution in [3.05, 3.63) is 83.2 Å². The zero-order valence-electron chi connectivity index (χ0n) is 19.3. The summed E-state index contributed by atoms with van der Waals surface area (Å²) in [5.74, 6) is 0.953. The molecule has 0 saturated heterocycles. The molecule has 176 valence electrons. The molecule has 2 heterocycles.